The second-order valence-electron chi connectivity index (χ2n) is 12.5. The largest absolute Gasteiger partial charge is 0.493 e. The highest BCUT2D eigenvalue weighted by Gasteiger charge is 2.25. The van der Waals surface area contributed by atoms with Gasteiger partial charge in [-0.1, -0.05) is 0 Å². The molecule has 12 heteroatoms. The van der Waals surface area contributed by atoms with E-state index in [0.717, 1.165) is 50.1 Å². The number of rotatable bonds is 11. The molecule has 3 heterocycles. The first-order valence-corrected chi connectivity index (χ1v) is 16.1. The predicted molar refractivity (Wildman–Crippen MR) is 177 cm³/mol. The van der Waals surface area contributed by atoms with Gasteiger partial charge in [0.25, 0.3) is 0 Å². The van der Waals surface area contributed by atoms with Gasteiger partial charge in [-0.05, 0) is 63.6 Å². The number of piperazine rings is 1. The number of benzene rings is 2. The number of amides is 1. The number of carbonyl (C=O) groups is 1. The minimum atomic E-state index is -0.493. The van der Waals surface area contributed by atoms with Crippen molar-refractivity contribution in [3.8, 4) is 34.6 Å². The molecule has 0 bridgehead atoms. The van der Waals surface area contributed by atoms with Gasteiger partial charge < -0.3 is 33.9 Å². The molecule has 2 aromatic carbocycles. The summed E-state index contributed by atoms with van der Waals surface area (Å²) < 4.78 is 28.7. The molecule has 2 fully saturated rings. The first-order valence-electron chi connectivity index (χ1n) is 16.1. The van der Waals surface area contributed by atoms with Gasteiger partial charge in [-0.3, -0.25) is 4.90 Å². The molecule has 1 amide bonds. The van der Waals surface area contributed by atoms with Crippen LogP contribution in [0.4, 0.5) is 16.4 Å². The van der Waals surface area contributed by atoms with Crippen LogP contribution in [0.25, 0.3) is 11.3 Å². The number of methoxy groups -OCH3 is 1. The monoisotopic (exact) mass is 644 g/mol. The Kier molecular flexibility index (Phi) is 11.3. The Morgan fingerprint density at radius 3 is 2.53 bits per heavy atom. The molecule has 0 radical (unpaired) electrons. The molecule has 0 spiro atoms. The van der Waals surface area contributed by atoms with Crippen molar-refractivity contribution in [1.29, 1.82) is 5.26 Å². The van der Waals surface area contributed by atoms with Crippen LogP contribution < -0.4 is 19.5 Å². The number of nitrogens with one attached hydrogen (secondary N) is 1. The van der Waals surface area contributed by atoms with Crippen LogP contribution in [-0.2, 0) is 9.47 Å². The first-order chi connectivity index (χ1) is 22.7. The molecule has 3 aromatic rings. The maximum atomic E-state index is 12.3. The number of hydrogen-bond acceptors (Lipinski definition) is 11. The van der Waals surface area contributed by atoms with E-state index in [1.54, 1.807) is 30.3 Å². The number of aromatic nitrogens is 2. The van der Waals surface area contributed by atoms with Crippen molar-refractivity contribution in [2.75, 3.05) is 65.0 Å². The second-order valence-corrected chi connectivity index (χ2v) is 12.5. The van der Waals surface area contributed by atoms with Gasteiger partial charge in [-0.15, -0.1) is 0 Å². The molecule has 1 N–H and O–H groups in total. The zero-order valence-electron chi connectivity index (χ0n) is 27.7. The minimum Gasteiger partial charge on any atom is -0.493 e. The Morgan fingerprint density at radius 2 is 1.81 bits per heavy atom. The highest BCUT2D eigenvalue weighted by atomic mass is 16.6. The molecule has 250 valence electrons. The van der Waals surface area contributed by atoms with Crippen LogP contribution >= 0.6 is 0 Å². The molecule has 0 saturated carbocycles. The summed E-state index contributed by atoms with van der Waals surface area (Å²) in [6.07, 6.45) is 3.91. The Morgan fingerprint density at radius 1 is 1.04 bits per heavy atom. The standard InChI is InChI=1S/C35H44N6O6/c1-35(2,3)47-34(42)41-17-15-40(16-18-41)14-5-19-45-32-23-27(7-9-31(32)43-4)38-33-37-13-10-29(39-33)25-6-8-30(26(22-25)24-36)46-28-11-20-44-21-12-28/h6-10,13,22-23,28H,5,11-12,14-21H2,1-4H3,(H,37,38,39). The maximum Gasteiger partial charge on any atom is 0.410 e. The summed E-state index contributed by atoms with van der Waals surface area (Å²) in [4.78, 5) is 25.5. The van der Waals surface area contributed by atoms with E-state index in [0.29, 0.717) is 67.4 Å². The molecule has 2 saturated heterocycles. The van der Waals surface area contributed by atoms with E-state index in [-0.39, 0.29) is 12.2 Å². The van der Waals surface area contributed by atoms with Gasteiger partial charge in [0.05, 0.1) is 38.2 Å². The van der Waals surface area contributed by atoms with Crippen LogP contribution in [0.2, 0.25) is 0 Å². The quantitative estimate of drug-likeness (QED) is 0.260. The average molecular weight is 645 g/mol. The summed E-state index contributed by atoms with van der Waals surface area (Å²) >= 11 is 0. The van der Waals surface area contributed by atoms with Gasteiger partial charge in [0.2, 0.25) is 5.95 Å². The highest BCUT2D eigenvalue weighted by Crippen LogP contribution is 2.32. The Labute approximate surface area is 276 Å². The molecule has 2 aliphatic rings. The van der Waals surface area contributed by atoms with E-state index in [9.17, 15) is 10.1 Å². The van der Waals surface area contributed by atoms with Gasteiger partial charge >= 0.3 is 6.09 Å². The van der Waals surface area contributed by atoms with Crippen LogP contribution in [0.5, 0.6) is 17.2 Å². The van der Waals surface area contributed by atoms with Gasteiger partial charge in [0, 0.05) is 69.1 Å². The summed E-state index contributed by atoms with van der Waals surface area (Å²) in [5.41, 5.74) is 2.18. The van der Waals surface area contributed by atoms with Crippen LogP contribution in [-0.4, -0.2) is 97.2 Å². The lowest BCUT2D eigenvalue weighted by Crippen LogP contribution is -2.50. The van der Waals surface area contributed by atoms with Crippen LogP contribution in [0.15, 0.2) is 48.7 Å². The third-order valence-electron chi connectivity index (χ3n) is 7.83. The minimum absolute atomic E-state index is 0.0447. The van der Waals surface area contributed by atoms with Crippen molar-refractivity contribution < 1.29 is 28.5 Å². The molecule has 47 heavy (non-hydrogen) atoms. The topological polar surface area (TPSA) is 131 Å². The number of nitriles is 1. The molecular weight excluding hydrogens is 600 g/mol. The molecule has 0 aliphatic carbocycles. The van der Waals surface area contributed by atoms with Crippen molar-refractivity contribution in [2.24, 2.45) is 0 Å². The van der Waals surface area contributed by atoms with Crippen LogP contribution in [0.3, 0.4) is 0 Å². The van der Waals surface area contributed by atoms with Gasteiger partial charge in [0.1, 0.15) is 23.5 Å². The number of hydrogen-bond donors (Lipinski definition) is 1. The van der Waals surface area contributed by atoms with Crippen molar-refractivity contribution in [2.45, 2.75) is 51.7 Å². The fraction of sp³-hybridized carbons (Fsp3) is 0.486. The van der Waals surface area contributed by atoms with Crippen molar-refractivity contribution in [1.82, 2.24) is 19.8 Å². The van der Waals surface area contributed by atoms with E-state index < -0.39 is 5.60 Å². The molecule has 12 nitrogen and oxygen atoms in total. The van der Waals surface area contributed by atoms with Crippen LogP contribution in [0, 0.1) is 11.3 Å². The number of nitrogens with zero attached hydrogens (tertiary/aromatic N) is 5. The van der Waals surface area contributed by atoms with Gasteiger partial charge in [0.15, 0.2) is 11.5 Å². The molecule has 0 atom stereocenters. The lowest BCUT2D eigenvalue weighted by molar-refractivity contribution is 0.0141. The van der Waals surface area contributed by atoms with Crippen molar-refractivity contribution in [3.05, 3.63) is 54.2 Å². The third kappa shape index (κ3) is 9.70. The van der Waals surface area contributed by atoms with E-state index >= 15 is 0 Å². The molecular formula is C35H44N6O6. The lowest BCUT2D eigenvalue weighted by atomic mass is 10.1. The molecule has 0 unspecified atom stereocenters. The summed E-state index contributed by atoms with van der Waals surface area (Å²) in [5.74, 6) is 2.22. The van der Waals surface area contributed by atoms with Crippen molar-refractivity contribution in [3.63, 3.8) is 0 Å². The zero-order valence-corrected chi connectivity index (χ0v) is 27.7. The SMILES string of the molecule is COc1ccc(Nc2nccc(-c3ccc(OC4CCOCC4)c(C#N)c3)n2)cc1OCCCN1CCN(C(=O)OC(C)(C)C)CC1. The van der Waals surface area contributed by atoms with E-state index in [1.807, 2.05) is 51.1 Å². The van der Waals surface area contributed by atoms with Crippen molar-refractivity contribution >= 4 is 17.7 Å². The molecule has 1 aromatic heterocycles. The van der Waals surface area contributed by atoms with Gasteiger partial charge in [-0.25, -0.2) is 14.8 Å². The van der Waals surface area contributed by atoms with Crippen LogP contribution in [0.1, 0.15) is 45.6 Å². The molecule has 2 aliphatic heterocycles. The van der Waals surface area contributed by atoms with E-state index in [1.165, 1.54) is 0 Å². The fourth-order valence-electron chi connectivity index (χ4n) is 5.38. The van der Waals surface area contributed by atoms with E-state index in [2.05, 4.69) is 21.3 Å². The summed E-state index contributed by atoms with van der Waals surface area (Å²) in [6, 6.07) is 15.2. The summed E-state index contributed by atoms with van der Waals surface area (Å²) in [6.45, 7) is 11.2. The predicted octanol–water partition coefficient (Wildman–Crippen LogP) is 5.65. The zero-order chi connectivity index (χ0) is 33.2. The molecule has 5 rings (SSSR count). The fourth-order valence-corrected chi connectivity index (χ4v) is 5.38. The average Bonchev–Trinajstić information content (AvgIpc) is 3.07. The van der Waals surface area contributed by atoms with Gasteiger partial charge in [-0.2, -0.15) is 5.26 Å². The Bertz CT molecular complexity index is 1540. The summed E-state index contributed by atoms with van der Waals surface area (Å²) in [5, 5.41) is 13.1. The maximum absolute atomic E-state index is 12.3. The number of anilines is 2. The Hall–Kier alpha value is -4.60. The highest BCUT2D eigenvalue weighted by molar-refractivity contribution is 5.68. The lowest BCUT2D eigenvalue weighted by Gasteiger charge is -2.35. The summed E-state index contributed by atoms with van der Waals surface area (Å²) in [7, 11) is 1.61. The number of ether oxygens (including phenoxy) is 5. The smallest absolute Gasteiger partial charge is 0.410 e. The first kappa shape index (κ1) is 33.8. The normalized spacial score (nSPS) is 15.9. The third-order valence-corrected chi connectivity index (χ3v) is 7.83. The Balaban J connectivity index is 1.15. The second kappa shape index (κ2) is 15.8. The van der Waals surface area contributed by atoms with E-state index in [4.69, 9.17) is 28.7 Å². The number of carbonyl (C=O) groups excluding carboxylic acids is 1.